The number of rotatable bonds is 4. The summed E-state index contributed by atoms with van der Waals surface area (Å²) in [5.74, 6) is 1.41. The Kier molecular flexibility index (Phi) is 4.15. The monoisotopic (exact) mass is 207 g/mol. The molecule has 0 saturated heterocycles. The third-order valence-electron chi connectivity index (χ3n) is 3.09. The zero-order chi connectivity index (χ0) is 11.4. The number of nitrogens with two attached hydrogens (primary N) is 1. The van der Waals surface area contributed by atoms with Gasteiger partial charge in [-0.15, -0.1) is 0 Å². The average molecular weight is 207 g/mol. The Labute approximate surface area is 92.4 Å². The topological polar surface area (TPSA) is 35.2 Å². The van der Waals surface area contributed by atoms with Crippen molar-refractivity contribution in [1.82, 2.24) is 0 Å². The fraction of sp³-hybridized carbons (Fsp3) is 0.538. The Morgan fingerprint density at radius 2 is 2.07 bits per heavy atom. The van der Waals surface area contributed by atoms with Crippen molar-refractivity contribution in [3.8, 4) is 5.75 Å². The molecule has 1 unspecified atom stereocenters. The van der Waals surface area contributed by atoms with Crippen LogP contribution in [0.4, 0.5) is 0 Å². The molecule has 0 aliphatic carbocycles. The van der Waals surface area contributed by atoms with Gasteiger partial charge in [-0.3, -0.25) is 0 Å². The number of hydrogen-bond donors (Lipinski definition) is 1. The normalized spacial score (nSPS) is 14.7. The predicted octanol–water partition coefficient (Wildman–Crippen LogP) is 3.05. The van der Waals surface area contributed by atoms with Gasteiger partial charge in [-0.2, -0.15) is 0 Å². The van der Waals surface area contributed by atoms with Crippen molar-refractivity contribution in [3.63, 3.8) is 0 Å². The van der Waals surface area contributed by atoms with Crippen molar-refractivity contribution in [2.24, 2.45) is 11.7 Å². The van der Waals surface area contributed by atoms with Crippen LogP contribution in [0.3, 0.4) is 0 Å². The zero-order valence-corrected chi connectivity index (χ0v) is 10.1. The minimum atomic E-state index is 0.126. The molecule has 2 nitrogen and oxygen atoms in total. The zero-order valence-electron chi connectivity index (χ0n) is 10.1. The molecule has 84 valence electrons. The van der Waals surface area contributed by atoms with Crippen LogP contribution in [0.25, 0.3) is 0 Å². The Balaban J connectivity index is 2.95. The summed E-state index contributed by atoms with van der Waals surface area (Å²) in [6, 6.07) is 6.22. The predicted molar refractivity (Wildman–Crippen MR) is 64.1 cm³/mol. The van der Waals surface area contributed by atoms with Gasteiger partial charge in [0.25, 0.3) is 0 Å². The lowest BCUT2D eigenvalue weighted by molar-refractivity contribution is 0.413. The van der Waals surface area contributed by atoms with Gasteiger partial charge in [0, 0.05) is 6.04 Å². The van der Waals surface area contributed by atoms with Crippen molar-refractivity contribution in [2.75, 3.05) is 7.11 Å². The molecule has 0 aliphatic heterocycles. The highest BCUT2D eigenvalue weighted by atomic mass is 16.5. The van der Waals surface area contributed by atoms with Gasteiger partial charge in [-0.05, 0) is 36.1 Å². The molecule has 0 aliphatic rings. The van der Waals surface area contributed by atoms with E-state index in [-0.39, 0.29) is 6.04 Å². The molecular weight excluding hydrogens is 186 g/mol. The molecule has 0 bridgehead atoms. The Morgan fingerprint density at radius 3 is 2.53 bits per heavy atom. The van der Waals surface area contributed by atoms with Crippen molar-refractivity contribution >= 4 is 0 Å². The third-order valence-corrected chi connectivity index (χ3v) is 3.09. The summed E-state index contributed by atoms with van der Waals surface area (Å²) >= 11 is 0. The first-order valence-corrected chi connectivity index (χ1v) is 5.50. The summed E-state index contributed by atoms with van der Waals surface area (Å²) in [4.78, 5) is 0. The summed E-state index contributed by atoms with van der Waals surface area (Å²) < 4.78 is 5.18. The van der Waals surface area contributed by atoms with Crippen molar-refractivity contribution < 1.29 is 4.74 Å². The average Bonchev–Trinajstić information content (AvgIpc) is 2.26. The van der Waals surface area contributed by atoms with Gasteiger partial charge >= 0.3 is 0 Å². The standard InChI is InChI=1S/C13H21NO/c1-5-9(2)13(14)12-7-6-11(15-4)8-10(12)3/h6-9,13H,5,14H2,1-4H3/t9?,13-/m0/s1. The summed E-state index contributed by atoms with van der Waals surface area (Å²) in [6.07, 6.45) is 1.10. The second kappa shape index (κ2) is 5.17. The first-order chi connectivity index (χ1) is 7.10. The smallest absolute Gasteiger partial charge is 0.119 e. The highest BCUT2D eigenvalue weighted by molar-refractivity contribution is 5.36. The summed E-state index contributed by atoms with van der Waals surface area (Å²) in [5, 5.41) is 0. The molecular formula is C13H21NO. The molecule has 0 fully saturated rings. The molecule has 2 N–H and O–H groups in total. The lowest BCUT2D eigenvalue weighted by Gasteiger charge is -2.21. The SMILES string of the molecule is CCC(C)[C@H](N)c1ccc(OC)cc1C. The van der Waals surface area contributed by atoms with Crippen molar-refractivity contribution in [2.45, 2.75) is 33.2 Å². The van der Waals surface area contributed by atoms with E-state index in [1.54, 1.807) is 7.11 Å². The molecule has 0 heterocycles. The molecule has 0 aromatic heterocycles. The van der Waals surface area contributed by atoms with Gasteiger partial charge in [0.05, 0.1) is 7.11 Å². The van der Waals surface area contributed by atoms with E-state index in [9.17, 15) is 0 Å². The molecule has 0 amide bonds. The maximum atomic E-state index is 6.20. The number of benzene rings is 1. The first-order valence-electron chi connectivity index (χ1n) is 5.50. The first kappa shape index (κ1) is 12.1. The van der Waals surface area contributed by atoms with E-state index in [1.807, 2.05) is 12.1 Å². The molecule has 2 atom stereocenters. The van der Waals surface area contributed by atoms with Crippen LogP contribution in [-0.4, -0.2) is 7.11 Å². The minimum Gasteiger partial charge on any atom is -0.497 e. The lowest BCUT2D eigenvalue weighted by atomic mass is 9.90. The molecule has 0 radical (unpaired) electrons. The molecule has 0 spiro atoms. The van der Waals surface area contributed by atoms with E-state index in [4.69, 9.17) is 10.5 Å². The number of aryl methyl sites for hydroxylation is 1. The largest absolute Gasteiger partial charge is 0.497 e. The molecule has 2 heteroatoms. The third kappa shape index (κ3) is 2.72. The van der Waals surface area contributed by atoms with Crippen LogP contribution in [0.1, 0.15) is 37.4 Å². The second-order valence-corrected chi connectivity index (χ2v) is 4.13. The fourth-order valence-corrected chi connectivity index (χ4v) is 1.71. The molecule has 0 saturated carbocycles. The minimum absolute atomic E-state index is 0.126. The van der Waals surface area contributed by atoms with E-state index in [0.717, 1.165) is 12.2 Å². The van der Waals surface area contributed by atoms with Crippen LogP contribution in [0.2, 0.25) is 0 Å². The second-order valence-electron chi connectivity index (χ2n) is 4.13. The number of methoxy groups -OCH3 is 1. The fourth-order valence-electron chi connectivity index (χ4n) is 1.71. The quantitative estimate of drug-likeness (QED) is 0.823. The van der Waals surface area contributed by atoms with Gasteiger partial charge in [-0.1, -0.05) is 26.3 Å². The van der Waals surface area contributed by atoms with Crippen molar-refractivity contribution in [3.05, 3.63) is 29.3 Å². The van der Waals surface area contributed by atoms with Gasteiger partial charge in [-0.25, -0.2) is 0 Å². The summed E-state index contributed by atoms with van der Waals surface area (Å²) in [7, 11) is 1.68. The molecule has 1 aromatic carbocycles. The lowest BCUT2D eigenvalue weighted by Crippen LogP contribution is -2.19. The van der Waals surface area contributed by atoms with E-state index < -0.39 is 0 Å². The van der Waals surface area contributed by atoms with Crippen LogP contribution in [0.5, 0.6) is 5.75 Å². The highest BCUT2D eigenvalue weighted by Crippen LogP contribution is 2.27. The van der Waals surface area contributed by atoms with E-state index in [0.29, 0.717) is 5.92 Å². The summed E-state index contributed by atoms with van der Waals surface area (Å²) in [5.41, 5.74) is 8.64. The highest BCUT2D eigenvalue weighted by Gasteiger charge is 2.15. The van der Waals surface area contributed by atoms with E-state index in [1.165, 1.54) is 11.1 Å². The van der Waals surface area contributed by atoms with E-state index in [2.05, 4.69) is 26.8 Å². The van der Waals surface area contributed by atoms with Crippen LogP contribution in [0, 0.1) is 12.8 Å². The Bertz CT molecular complexity index is 322. The van der Waals surface area contributed by atoms with E-state index >= 15 is 0 Å². The van der Waals surface area contributed by atoms with Crippen molar-refractivity contribution in [1.29, 1.82) is 0 Å². The maximum absolute atomic E-state index is 6.20. The van der Waals surface area contributed by atoms with Gasteiger partial charge < -0.3 is 10.5 Å². The Hall–Kier alpha value is -1.02. The van der Waals surface area contributed by atoms with Gasteiger partial charge in [0.2, 0.25) is 0 Å². The summed E-state index contributed by atoms with van der Waals surface area (Å²) in [6.45, 7) is 6.44. The molecule has 1 rings (SSSR count). The van der Waals surface area contributed by atoms with Gasteiger partial charge in [0.15, 0.2) is 0 Å². The van der Waals surface area contributed by atoms with Crippen LogP contribution < -0.4 is 10.5 Å². The number of ether oxygens (including phenoxy) is 1. The molecule has 15 heavy (non-hydrogen) atoms. The Morgan fingerprint density at radius 1 is 1.40 bits per heavy atom. The van der Waals surface area contributed by atoms with Crippen LogP contribution in [0.15, 0.2) is 18.2 Å². The van der Waals surface area contributed by atoms with Crippen LogP contribution >= 0.6 is 0 Å². The maximum Gasteiger partial charge on any atom is 0.119 e. The van der Waals surface area contributed by atoms with Gasteiger partial charge in [0.1, 0.15) is 5.75 Å². The van der Waals surface area contributed by atoms with Crippen LogP contribution in [-0.2, 0) is 0 Å². The number of hydrogen-bond acceptors (Lipinski definition) is 2. The molecule has 1 aromatic rings.